The predicted octanol–water partition coefficient (Wildman–Crippen LogP) is 2.57. The van der Waals surface area contributed by atoms with Crippen molar-refractivity contribution < 1.29 is 14.3 Å². The van der Waals surface area contributed by atoms with Crippen molar-refractivity contribution >= 4 is 5.97 Å². The van der Waals surface area contributed by atoms with Crippen LogP contribution in [0.3, 0.4) is 0 Å². The average molecular weight is 285 g/mol. The Morgan fingerprint density at radius 2 is 2.05 bits per heavy atom. The highest BCUT2D eigenvalue weighted by atomic mass is 16.5. The van der Waals surface area contributed by atoms with Gasteiger partial charge < -0.3 is 9.47 Å². The van der Waals surface area contributed by atoms with E-state index in [9.17, 15) is 4.79 Å². The first kappa shape index (κ1) is 14.6. The SMILES string of the molecule is CCOC(=O)c1ccc(Oc2c(C#N)c(C)nn2C)cc1. The van der Waals surface area contributed by atoms with Crippen molar-refractivity contribution in [2.24, 2.45) is 7.05 Å². The first-order valence-corrected chi connectivity index (χ1v) is 6.45. The minimum Gasteiger partial charge on any atom is -0.462 e. The van der Waals surface area contributed by atoms with Crippen molar-refractivity contribution in [1.82, 2.24) is 9.78 Å². The van der Waals surface area contributed by atoms with Crippen LogP contribution in [0.1, 0.15) is 28.5 Å². The zero-order chi connectivity index (χ0) is 15.4. The molecule has 6 heteroatoms. The van der Waals surface area contributed by atoms with Crippen LogP contribution >= 0.6 is 0 Å². The number of hydrogen-bond acceptors (Lipinski definition) is 5. The molecule has 0 aliphatic rings. The van der Waals surface area contributed by atoms with Gasteiger partial charge in [-0.15, -0.1) is 0 Å². The summed E-state index contributed by atoms with van der Waals surface area (Å²) in [6, 6.07) is 8.59. The summed E-state index contributed by atoms with van der Waals surface area (Å²) in [6.07, 6.45) is 0. The van der Waals surface area contributed by atoms with E-state index < -0.39 is 0 Å². The van der Waals surface area contributed by atoms with Gasteiger partial charge >= 0.3 is 5.97 Å². The predicted molar refractivity (Wildman–Crippen MR) is 75.1 cm³/mol. The van der Waals surface area contributed by atoms with E-state index in [1.54, 1.807) is 45.2 Å². The summed E-state index contributed by atoms with van der Waals surface area (Å²) in [5.74, 6) is 0.513. The van der Waals surface area contributed by atoms with E-state index in [1.165, 1.54) is 4.68 Å². The molecule has 108 valence electrons. The number of rotatable bonds is 4. The Hall–Kier alpha value is -2.81. The first-order chi connectivity index (χ1) is 10.1. The maximum Gasteiger partial charge on any atom is 0.338 e. The fourth-order valence-electron chi connectivity index (χ4n) is 1.87. The molecule has 0 radical (unpaired) electrons. The van der Waals surface area contributed by atoms with Gasteiger partial charge in [0.1, 0.15) is 17.4 Å². The molecule has 0 amide bonds. The van der Waals surface area contributed by atoms with Crippen LogP contribution in [0.5, 0.6) is 11.6 Å². The Balaban J connectivity index is 2.22. The number of ether oxygens (including phenoxy) is 2. The van der Waals surface area contributed by atoms with Gasteiger partial charge in [-0.2, -0.15) is 10.4 Å². The molecule has 0 N–H and O–H groups in total. The highest BCUT2D eigenvalue weighted by Gasteiger charge is 2.15. The van der Waals surface area contributed by atoms with Gasteiger partial charge in [0.25, 0.3) is 0 Å². The van der Waals surface area contributed by atoms with Crippen LogP contribution < -0.4 is 4.74 Å². The Labute approximate surface area is 122 Å². The molecule has 0 spiro atoms. The largest absolute Gasteiger partial charge is 0.462 e. The topological polar surface area (TPSA) is 77.1 Å². The van der Waals surface area contributed by atoms with Crippen LogP contribution in [0.4, 0.5) is 0 Å². The fourth-order valence-corrected chi connectivity index (χ4v) is 1.87. The average Bonchev–Trinajstić information content (AvgIpc) is 2.73. The summed E-state index contributed by atoms with van der Waals surface area (Å²) >= 11 is 0. The van der Waals surface area contributed by atoms with Crippen LogP contribution in [0.15, 0.2) is 24.3 Å². The summed E-state index contributed by atoms with van der Waals surface area (Å²) in [6.45, 7) is 3.83. The number of aromatic nitrogens is 2. The maximum absolute atomic E-state index is 11.6. The molecule has 1 aromatic heterocycles. The molecule has 2 rings (SSSR count). The van der Waals surface area contributed by atoms with Gasteiger partial charge in [-0.3, -0.25) is 0 Å². The molecule has 1 heterocycles. The Kier molecular flexibility index (Phi) is 4.24. The number of nitrogens with zero attached hydrogens (tertiary/aromatic N) is 3. The molecule has 0 aliphatic heterocycles. The lowest BCUT2D eigenvalue weighted by atomic mass is 10.2. The summed E-state index contributed by atoms with van der Waals surface area (Å²) in [5, 5.41) is 13.3. The molecular formula is C15H15N3O3. The molecule has 21 heavy (non-hydrogen) atoms. The van der Waals surface area contributed by atoms with Crippen molar-refractivity contribution in [2.75, 3.05) is 6.61 Å². The Morgan fingerprint density at radius 1 is 1.38 bits per heavy atom. The molecule has 6 nitrogen and oxygen atoms in total. The van der Waals surface area contributed by atoms with Crippen LogP contribution in [-0.4, -0.2) is 22.4 Å². The van der Waals surface area contributed by atoms with Crippen LogP contribution in [-0.2, 0) is 11.8 Å². The number of carbonyl (C=O) groups is 1. The molecule has 0 saturated carbocycles. The van der Waals surface area contributed by atoms with Crippen molar-refractivity contribution in [3.8, 4) is 17.7 Å². The second-order valence-electron chi connectivity index (χ2n) is 4.35. The standard InChI is InChI=1S/C15H15N3O3/c1-4-20-15(19)11-5-7-12(8-6-11)21-14-13(9-16)10(2)17-18(14)3/h5-8H,4H2,1-3H3. The number of nitriles is 1. The van der Waals surface area contributed by atoms with Crippen molar-refractivity contribution in [2.45, 2.75) is 13.8 Å². The van der Waals surface area contributed by atoms with E-state index in [0.717, 1.165) is 0 Å². The summed E-state index contributed by atoms with van der Waals surface area (Å²) in [4.78, 5) is 11.6. The second-order valence-corrected chi connectivity index (χ2v) is 4.35. The fraction of sp³-hybridized carbons (Fsp3) is 0.267. The number of benzene rings is 1. The van der Waals surface area contributed by atoms with E-state index in [4.69, 9.17) is 14.7 Å². The van der Waals surface area contributed by atoms with Gasteiger partial charge in [0.2, 0.25) is 5.88 Å². The number of esters is 1. The van der Waals surface area contributed by atoms with Crippen LogP contribution in [0.25, 0.3) is 0 Å². The molecule has 0 bridgehead atoms. The zero-order valence-corrected chi connectivity index (χ0v) is 12.1. The monoisotopic (exact) mass is 285 g/mol. The van der Waals surface area contributed by atoms with E-state index in [1.807, 2.05) is 0 Å². The van der Waals surface area contributed by atoms with Gasteiger partial charge in [-0.1, -0.05) is 0 Å². The lowest BCUT2D eigenvalue weighted by Gasteiger charge is -2.07. The maximum atomic E-state index is 11.6. The number of carbonyl (C=O) groups excluding carboxylic acids is 1. The van der Waals surface area contributed by atoms with E-state index >= 15 is 0 Å². The molecule has 2 aromatic rings. The molecule has 1 aromatic carbocycles. The smallest absolute Gasteiger partial charge is 0.338 e. The van der Waals surface area contributed by atoms with Crippen LogP contribution in [0, 0.1) is 18.3 Å². The lowest BCUT2D eigenvalue weighted by Crippen LogP contribution is -2.04. The van der Waals surface area contributed by atoms with Gasteiger partial charge in [0, 0.05) is 7.05 Å². The van der Waals surface area contributed by atoms with Crippen molar-refractivity contribution in [1.29, 1.82) is 5.26 Å². The Morgan fingerprint density at radius 3 is 2.62 bits per heavy atom. The van der Waals surface area contributed by atoms with E-state index in [2.05, 4.69) is 11.2 Å². The minimum atomic E-state index is -0.377. The van der Waals surface area contributed by atoms with Crippen LogP contribution in [0.2, 0.25) is 0 Å². The van der Waals surface area contributed by atoms with Gasteiger partial charge in [-0.05, 0) is 38.1 Å². The quantitative estimate of drug-likeness (QED) is 0.807. The molecule has 0 fully saturated rings. The number of hydrogen-bond donors (Lipinski definition) is 0. The summed E-state index contributed by atoms with van der Waals surface area (Å²) in [5.41, 5.74) is 1.45. The molecule has 0 unspecified atom stereocenters. The minimum absolute atomic E-state index is 0.330. The zero-order valence-electron chi connectivity index (χ0n) is 12.1. The van der Waals surface area contributed by atoms with Crippen molar-refractivity contribution in [3.63, 3.8) is 0 Å². The molecule has 0 atom stereocenters. The summed E-state index contributed by atoms with van der Waals surface area (Å²) < 4.78 is 12.1. The van der Waals surface area contributed by atoms with E-state index in [0.29, 0.717) is 35.1 Å². The molecule has 0 saturated heterocycles. The Bertz CT molecular complexity index is 696. The first-order valence-electron chi connectivity index (χ1n) is 6.45. The second kappa shape index (κ2) is 6.09. The van der Waals surface area contributed by atoms with Gasteiger partial charge in [0.15, 0.2) is 0 Å². The lowest BCUT2D eigenvalue weighted by molar-refractivity contribution is 0.0526. The van der Waals surface area contributed by atoms with Crippen molar-refractivity contribution in [3.05, 3.63) is 41.1 Å². The third kappa shape index (κ3) is 3.03. The highest BCUT2D eigenvalue weighted by Crippen LogP contribution is 2.26. The number of aryl methyl sites for hydroxylation is 2. The normalized spacial score (nSPS) is 10.0. The van der Waals surface area contributed by atoms with Gasteiger partial charge in [0.05, 0.1) is 17.9 Å². The summed E-state index contributed by atoms with van der Waals surface area (Å²) in [7, 11) is 1.70. The third-order valence-electron chi connectivity index (χ3n) is 2.86. The highest BCUT2D eigenvalue weighted by molar-refractivity contribution is 5.89. The third-order valence-corrected chi connectivity index (χ3v) is 2.86. The van der Waals surface area contributed by atoms with E-state index in [-0.39, 0.29) is 5.97 Å². The van der Waals surface area contributed by atoms with Gasteiger partial charge in [-0.25, -0.2) is 9.48 Å². The molecular weight excluding hydrogens is 270 g/mol. The molecule has 0 aliphatic carbocycles.